The molecule has 1 aromatic rings. The van der Waals surface area contributed by atoms with Crippen molar-refractivity contribution < 1.29 is 9.53 Å². The Morgan fingerprint density at radius 1 is 1.43 bits per heavy atom. The molecule has 0 spiro atoms. The highest BCUT2D eigenvalue weighted by Crippen LogP contribution is 2.13. The van der Waals surface area contributed by atoms with Crippen molar-refractivity contribution >= 4 is 6.09 Å². The molecule has 0 aliphatic carbocycles. The summed E-state index contributed by atoms with van der Waals surface area (Å²) in [6, 6.07) is 10.2. The Balaban J connectivity index is 1.79. The number of carbonyl (C=O) groups excluding carboxylic acids is 1. The van der Waals surface area contributed by atoms with Gasteiger partial charge in [-0.25, -0.2) is 4.79 Å². The van der Waals surface area contributed by atoms with Crippen molar-refractivity contribution in [3.8, 4) is 6.07 Å². The Morgan fingerprint density at radius 2 is 2.14 bits per heavy atom. The number of likely N-dealkylation sites (tertiary alicyclic amines) is 1. The lowest BCUT2D eigenvalue weighted by molar-refractivity contribution is 0.0950. The summed E-state index contributed by atoms with van der Waals surface area (Å²) in [4.78, 5) is 13.4. The number of carbonyl (C=O) groups is 1. The maximum absolute atomic E-state index is 11.6. The summed E-state index contributed by atoms with van der Waals surface area (Å²) in [7, 11) is 0. The summed E-state index contributed by atoms with van der Waals surface area (Å²) in [5, 5.41) is 12.5. The number of rotatable bonds is 4. The molecule has 1 amide bonds. The van der Waals surface area contributed by atoms with E-state index in [0.717, 1.165) is 31.5 Å². The van der Waals surface area contributed by atoms with Gasteiger partial charge in [0.1, 0.15) is 0 Å². The Morgan fingerprint density at radius 3 is 2.81 bits per heavy atom. The highest BCUT2D eigenvalue weighted by molar-refractivity contribution is 5.67. The zero-order valence-electron chi connectivity index (χ0n) is 12.3. The molecule has 0 radical (unpaired) electrons. The molecule has 1 aliphatic heterocycles. The van der Waals surface area contributed by atoms with Crippen molar-refractivity contribution in [3.63, 3.8) is 0 Å². The van der Waals surface area contributed by atoms with Gasteiger partial charge in [0.2, 0.25) is 0 Å². The van der Waals surface area contributed by atoms with Crippen LogP contribution in [0, 0.1) is 11.3 Å². The predicted octanol–water partition coefficient (Wildman–Crippen LogP) is 2.27. The molecule has 1 saturated heterocycles. The fourth-order valence-electron chi connectivity index (χ4n) is 2.52. The van der Waals surface area contributed by atoms with E-state index in [1.165, 1.54) is 0 Å². The number of nitriles is 1. The van der Waals surface area contributed by atoms with Gasteiger partial charge in [-0.3, -0.25) is 0 Å². The fraction of sp³-hybridized carbons (Fsp3) is 0.500. The molecule has 0 saturated carbocycles. The lowest BCUT2D eigenvalue weighted by Gasteiger charge is -2.31. The van der Waals surface area contributed by atoms with Gasteiger partial charge in [0.15, 0.2) is 0 Å². The van der Waals surface area contributed by atoms with Crippen LogP contribution in [-0.4, -0.2) is 36.7 Å². The topological polar surface area (TPSA) is 65.4 Å². The predicted molar refractivity (Wildman–Crippen MR) is 79.6 cm³/mol. The third-order valence-electron chi connectivity index (χ3n) is 3.74. The van der Waals surface area contributed by atoms with E-state index in [4.69, 9.17) is 10.00 Å². The molecule has 0 unspecified atom stereocenters. The number of benzene rings is 1. The van der Waals surface area contributed by atoms with Crippen molar-refractivity contribution in [2.45, 2.75) is 32.4 Å². The van der Waals surface area contributed by atoms with Gasteiger partial charge in [0, 0.05) is 25.7 Å². The molecular weight excluding hydrogens is 266 g/mol. The van der Waals surface area contributed by atoms with E-state index in [1.807, 2.05) is 31.2 Å². The van der Waals surface area contributed by atoms with Gasteiger partial charge in [-0.05, 0) is 31.4 Å². The highest BCUT2D eigenvalue weighted by atomic mass is 16.6. The van der Waals surface area contributed by atoms with E-state index in [1.54, 1.807) is 4.90 Å². The first-order valence-corrected chi connectivity index (χ1v) is 7.37. The maximum Gasteiger partial charge on any atom is 0.409 e. The summed E-state index contributed by atoms with van der Waals surface area (Å²) in [5.74, 6) is 0. The molecule has 1 heterocycles. The molecule has 1 aromatic carbocycles. The molecule has 112 valence electrons. The average molecular weight is 287 g/mol. The van der Waals surface area contributed by atoms with Crippen LogP contribution >= 0.6 is 0 Å². The monoisotopic (exact) mass is 287 g/mol. The van der Waals surface area contributed by atoms with E-state index in [-0.39, 0.29) is 6.09 Å². The smallest absolute Gasteiger partial charge is 0.409 e. The molecule has 5 heteroatoms. The van der Waals surface area contributed by atoms with E-state index in [0.29, 0.717) is 24.8 Å². The van der Waals surface area contributed by atoms with Crippen LogP contribution in [0.3, 0.4) is 0 Å². The SMILES string of the molecule is CCOC(=O)N1CCC(NCc2ccccc2C#N)CC1. The van der Waals surface area contributed by atoms with Crippen LogP contribution in [-0.2, 0) is 11.3 Å². The van der Waals surface area contributed by atoms with Crippen molar-refractivity contribution in [1.82, 2.24) is 10.2 Å². The molecule has 1 N–H and O–H groups in total. The van der Waals surface area contributed by atoms with Crippen molar-refractivity contribution in [1.29, 1.82) is 5.26 Å². The third-order valence-corrected chi connectivity index (χ3v) is 3.74. The zero-order valence-corrected chi connectivity index (χ0v) is 12.3. The van der Waals surface area contributed by atoms with Gasteiger partial charge in [-0.1, -0.05) is 18.2 Å². The van der Waals surface area contributed by atoms with E-state index >= 15 is 0 Å². The standard InChI is InChI=1S/C16H21N3O2/c1-2-21-16(20)19-9-7-15(8-10-19)18-12-14-6-4-3-5-13(14)11-17/h3-6,15,18H,2,7-10,12H2,1H3. The number of nitrogens with zero attached hydrogens (tertiary/aromatic N) is 2. The lowest BCUT2D eigenvalue weighted by Crippen LogP contribution is -2.44. The van der Waals surface area contributed by atoms with Crippen LogP contribution in [0.2, 0.25) is 0 Å². The number of hydrogen-bond donors (Lipinski definition) is 1. The number of amides is 1. The van der Waals surface area contributed by atoms with Gasteiger partial charge < -0.3 is 15.0 Å². The Kier molecular flexibility index (Phi) is 5.59. The summed E-state index contributed by atoms with van der Waals surface area (Å²) in [6.07, 6.45) is 1.60. The first-order chi connectivity index (χ1) is 10.2. The molecule has 0 bridgehead atoms. The molecule has 2 rings (SSSR count). The first-order valence-electron chi connectivity index (χ1n) is 7.37. The minimum atomic E-state index is -0.217. The van der Waals surface area contributed by atoms with Crippen LogP contribution in [0.4, 0.5) is 4.79 Å². The summed E-state index contributed by atoms with van der Waals surface area (Å²) in [6.45, 7) is 4.36. The van der Waals surface area contributed by atoms with Gasteiger partial charge >= 0.3 is 6.09 Å². The highest BCUT2D eigenvalue weighted by Gasteiger charge is 2.23. The maximum atomic E-state index is 11.6. The second kappa shape index (κ2) is 7.65. The van der Waals surface area contributed by atoms with Gasteiger partial charge in [0.05, 0.1) is 18.2 Å². The normalized spacial score (nSPS) is 15.5. The fourth-order valence-corrected chi connectivity index (χ4v) is 2.52. The first kappa shape index (κ1) is 15.3. The second-order valence-corrected chi connectivity index (χ2v) is 5.11. The van der Waals surface area contributed by atoms with Crippen LogP contribution in [0.25, 0.3) is 0 Å². The van der Waals surface area contributed by atoms with Crippen LogP contribution in [0.5, 0.6) is 0 Å². The average Bonchev–Trinajstić information content (AvgIpc) is 2.54. The summed E-state index contributed by atoms with van der Waals surface area (Å²) in [5.41, 5.74) is 1.74. The number of nitrogens with one attached hydrogen (secondary N) is 1. The molecule has 1 fully saturated rings. The quantitative estimate of drug-likeness (QED) is 0.922. The molecule has 1 aliphatic rings. The van der Waals surface area contributed by atoms with E-state index < -0.39 is 0 Å². The number of ether oxygens (including phenoxy) is 1. The molecular formula is C16H21N3O2. The minimum absolute atomic E-state index is 0.217. The van der Waals surface area contributed by atoms with Gasteiger partial charge in [-0.2, -0.15) is 5.26 Å². The van der Waals surface area contributed by atoms with Crippen molar-refractivity contribution in [2.75, 3.05) is 19.7 Å². The zero-order chi connectivity index (χ0) is 15.1. The van der Waals surface area contributed by atoms with Gasteiger partial charge in [0.25, 0.3) is 0 Å². The molecule has 21 heavy (non-hydrogen) atoms. The largest absolute Gasteiger partial charge is 0.450 e. The molecule has 5 nitrogen and oxygen atoms in total. The summed E-state index contributed by atoms with van der Waals surface area (Å²) >= 11 is 0. The van der Waals surface area contributed by atoms with Crippen LogP contribution < -0.4 is 5.32 Å². The summed E-state index contributed by atoms with van der Waals surface area (Å²) < 4.78 is 5.01. The second-order valence-electron chi connectivity index (χ2n) is 5.11. The Labute approximate surface area is 125 Å². The Bertz CT molecular complexity index is 516. The number of hydrogen-bond acceptors (Lipinski definition) is 4. The van der Waals surface area contributed by atoms with Crippen LogP contribution in [0.15, 0.2) is 24.3 Å². The Hall–Kier alpha value is -2.06. The van der Waals surface area contributed by atoms with Crippen LogP contribution in [0.1, 0.15) is 30.9 Å². The third kappa shape index (κ3) is 4.20. The minimum Gasteiger partial charge on any atom is -0.450 e. The van der Waals surface area contributed by atoms with Crippen molar-refractivity contribution in [3.05, 3.63) is 35.4 Å². The molecule has 0 atom stereocenters. The molecule has 0 aromatic heterocycles. The lowest BCUT2D eigenvalue weighted by atomic mass is 10.0. The van der Waals surface area contributed by atoms with E-state index in [9.17, 15) is 4.79 Å². The van der Waals surface area contributed by atoms with Gasteiger partial charge in [-0.15, -0.1) is 0 Å². The number of piperidine rings is 1. The van der Waals surface area contributed by atoms with E-state index in [2.05, 4.69) is 11.4 Å². The van der Waals surface area contributed by atoms with Crippen molar-refractivity contribution in [2.24, 2.45) is 0 Å².